The number of aliphatic hydroxyl groups excluding tert-OH is 3. The fourth-order valence-electron chi connectivity index (χ4n) is 5.46. The molecule has 3 rings (SSSR count). The third-order valence-electron chi connectivity index (χ3n) is 8.41. The monoisotopic (exact) mass is 795 g/mol. The van der Waals surface area contributed by atoms with Gasteiger partial charge >= 0.3 is 5.97 Å². The minimum absolute atomic E-state index is 0.0368. The van der Waals surface area contributed by atoms with Gasteiger partial charge in [0.2, 0.25) is 29.9 Å². The predicted octanol–water partition coefficient (Wildman–Crippen LogP) is -3.86. The average molecular weight is 796 g/mol. The third-order valence-corrected chi connectivity index (χ3v) is 8.41. The van der Waals surface area contributed by atoms with Crippen molar-refractivity contribution in [2.75, 3.05) is 38.7 Å². The maximum Gasteiger partial charge on any atom is 0.335 e. The number of amides is 6. The van der Waals surface area contributed by atoms with Crippen molar-refractivity contribution in [1.29, 1.82) is 0 Å². The molecule has 2 unspecified atom stereocenters. The van der Waals surface area contributed by atoms with Crippen molar-refractivity contribution >= 4 is 53.5 Å². The molecule has 7 atom stereocenters. The van der Waals surface area contributed by atoms with Gasteiger partial charge in [-0.3, -0.25) is 38.5 Å². The van der Waals surface area contributed by atoms with Crippen molar-refractivity contribution in [3.05, 3.63) is 35.9 Å². The van der Waals surface area contributed by atoms with Crippen molar-refractivity contribution in [2.45, 2.75) is 81.5 Å². The van der Waals surface area contributed by atoms with E-state index in [9.17, 15) is 58.8 Å². The van der Waals surface area contributed by atoms with Crippen LogP contribution in [0.1, 0.15) is 39.0 Å². The van der Waals surface area contributed by atoms with Crippen molar-refractivity contribution in [2.24, 2.45) is 5.73 Å². The average Bonchev–Trinajstić information content (AvgIpc) is 3.49. The minimum Gasteiger partial charge on any atom is -0.479 e. The molecule has 1 aromatic carbocycles. The van der Waals surface area contributed by atoms with Crippen LogP contribution in [-0.4, -0.2) is 149 Å². The molecule has 10 N–H and O–H groups in total. The van der Waals surface area contributed by atoms with Crippen LogP contribution >= 0.6 is 0 Å². The molecule has 1 fully saturated rings. The summed E-state index contributed by atoms with van der Waals surface area (Å²) in [7, 11) is 1.46. The van der Waals surface area contributed by atoms with Crippen LogP contribution in [0.25, 0.3) is 0 Å². The molecule has 6 amide bonds. The van der Waals surface area contributed by atoms with E-state index >= 15 is 0 Å². The zero-order chi connectivity index (χ0) is 42.2. The van der Waals surface area contributed by atoms with Gasteiger partial charge < -0.3 is 66.4 Å². The van der Waals surface area contributed by atoms with Gasteiger partial charge in [0, 0.05) is 51.7 Å². The van der Waals surface area contributed by atoms with Crippen LogP contribution in [0.4, 0.5) is 5.69 Å². The number of carbonyl (C=O) groups is 8. The molecule has 22 nitrogen and oxygen atoms in total. The Morgan fingerprint density at radius 3 is 2.34 bits per heavy atom. The lowest BCUT2D eigenvalue weighted by Crippen LogP contribution is -2.61. The molecule has 2 aliphatic heterocycles. The predicted molar refractivity (Wildman–Crippen MR) is 188 cm³/mol. The number of hydrogen-bond acceptors (Lipinski definition) is 16. The first kappa shape index (κ1) is 43.2. The number of anilines is 1. The number of ether oxygens (including phenoxy) is 4. The molecule has 308 valence electrons. The van der Waals surface area contributed by atoms with Gasteiger partial charge in [-0.15, -0.1) is 0 Å². The van der Waals surface area contributed by atoms with Crippen LogP contribution in [-0.2, 0) is 59.2 Å². The standard InChI is InChI=1S/C34H46N6O16/c1-53-13-10-23(42)36-11-3-2-4-19(39-32(50)21(15-35)40-25(44)7-8-26(40)45)31(49)37-12-9-24(43)38-20-14-18(16-54-17-41)5-6-22(20)55-34-29(48)27(46)28(47)30(56-34)33(51)52/h5-8,14,17,19,21,27-30,34,46-48H,2-4,9-13,15-16,35H2,1H3,(H,36,42)(H,37,49)(H,38,43)(H,39,50)(H,51,52)/t19?,21?,27-,28-,29+,30-,34+/m0/s1/i17D. The number of carboxylic acid groups (broad SMARTS) is 1. The Hall–Kier alpha value is -5.52. The molecule has 2 aliphatic rings. The molecule has 1 aromatic rings. The van der Waals surface area contributed by atoms with E-state index in [1.165, 1.54) is 25.3 Å². The Morgan fingerprint density at radius 2 is 1.70 bits per heavy atom. The Balaban J connectivity index is 1.69. The van der Waals surface area contributed by atoms with Crippen LogP contribution in [0.3, 0.4) is 0 Å². The number of nitrogens with zero attached hydrogens (tertiary/aromatic N) is 1. The summed E-state index contributed by atoms with van der Waals surface area (Å²) in [6, 6.07) is 1.16. The van der Waals surface area contributed by atoms with Crippen molar-refractivity contribution in [1.82, 2.24) is 20.9 Å². The number of aliphatic hydroxyl groups is 3. The summed E-state index contributed by atoms with van der Waals surface area (Å²) in [5, 5.41) is 50.2. The second-order valence-electron chi connectivity index (χ2n) is 12.4. The summed E-state index contributed by atoms with van der Waals surface area (Å²) in [6.07, 6.45) is -8.68. The van der Waals surface area contributed by atoms with Gasteiger partial charge in [-0.1, -0.05) is 6.07 Å². The zero-order valence-corrected chi connectivity index (χ0v) is 30.2. The van der Waals surface area contributed by atoms with E-state index in [4.69, 9.17) is 21.3 Å². The summed E-state index contributed by atoms with van der Waals surface area (Å²) in [4.78, 5) is 99.2. The van der Waals surface area contributed by atoms with Gasteiger partial charge in [0.15, 0.2) is 7.47 Å². The lowest BCUT2D eigenvalue weighted by molar-refractivity contribution is -0.271. The Labute approximate surface area is 321 Å². The highest BCUT2D eigenvalue weighted by molar-refractivity contribution is 6.15. The molecule has 2 heterocycles. The Morgan fingerprint density at radius 1 is 0.982 bits per heavy atom. The summed E-state index contributed by atoms with van der Waals surface area (Å²) < 4.78 is 27.2. The van der Waals surface area contributed by atoms with Gasteiger partial charge in [0.25, 0.3) is 18.3 Å². The van der Waals surface area contributed by atoms with E-state index in [0.717, 1.165) is 12.2 Å². The van der Waals surface area contributed by atoms with Gasteiger partial charge in [0.05, 0.1) is 12.3 Å². The van der Waals surface area contributed by atoms with E-state index in [0.29, 0.717) is 17.7 Å². The molecule has 0 spiro atoms. The van der Waals surface area contributed by atoms with Crippen LogP contribution < -0.4 is 31.7 Å². The molecule has 0 aliphatic carbocycles. The smallest absolute Gasteiger partial charge is 0.335 e. The highest BCUT2D eigenvalue weighted by Crippen LogP contribution is 2.31. The van der Waals surface area contributed by atoms with E-state index in [1.807, 2.05) is 0 Å². The highest BCUT2D eigenvalue weighted by Gasteiger charge is 2.48. The number of benzene rings is 1. The number of unbranched alkanes of at least 4 members (excludes halogenated alkanes) is 1. The molecule has 56 heavy (non-hydrogen) atoms. The molecular weight excluding hydrogens is 748 g/mol. The fourth-order valence-corrected chi connectivity index (χ4v) is 5.46. The number of hydrogen-bond donors (Lipinski definition) is 9. The van der Waals surface area contributed by atoms with Gasteiger partial charge in [-0.05, 0) is 37.0 Å². The largest absolute Gasteiger partial charge is 0.479 e. The number of carboxylic acids is 1. The Kier molecular flexibility index (Phi) is 17.1. The van der Waals surface area contributed by atoms with Crippen molar-refractivity contribution < 1.29 is 79.1 Å². The summed E-state index contributed by atoms with van der Waals surface area (Å²) >= 11 is 0. The SMILES string of the molecule is [2H]C(=O)OCc1ccc(O[C@@H]2O[C@H](C(=O)O)[C@@H](O)[C@H](O)[C@H]2O)c(NC(=O)CCNC(=O)C(CCCCNC(=O)CCOC)NC(=O)C(CN)N2C(=O)C=CC2=O)c1. The lowest BCUT2D eigenvalue weighted by atomic mass is 9.99. The van der Waals surface area contributed by atoms with Gasteiger partial charge in [-0.2, -0.15) is 0 Å². The van der Waals surface area contributed by atoms with E-state index in [2.05, 4.69) is 26.0 Å². The van der Waals surface area contributed by atoms with Crippen molar-refractivity contribution in [3.8, 4) is 5.75 Å². The van der Waals surface area contributed by atoms with Crippen LogP contribution in [0.2, 0.25) is 0 Å². The normalized spacial score (nSPS) is 21.7. The molecular formula is C34H46N6O16. The van der Waals surface area contributed by atoms with Crippen LogP contribution in [0.5, 0.6) is 5.75 Å². The van der Waals surface area contributed by atoms with E-state index in [1.54, 1.807) is 0 Å². The Bertz CT molecular complexity index is 1660. The molecule has 0 aromatic heterocycles. The van der Waals surface area contributed by atoms with E-state index in [-0.39, 0.29) is 55.4 Å². The number of aliphatic carboxylic acids is 1. The summed E-state index contributed by atoms with van der Waals surface area (Å²) in [5.41, 5.74) is 5.82. The first-order valence-electron chi connectivity index (χ1n) is 17.8. The lowest BCUT2D eigenvalue weighted by Gasteiger charge is -2.38. The molecule has 0 radical (unpaired) electrons. The highest BCUT2D eigenvalue weighted by atomic mass is 16.7. The van der Waals surface area contributed by atoms with Gasteiger partial charge in [0.1, 0.15) is 42.8 Å². The molecule has 0 saturated carbocycles. The number of imide groups is 1. The molecule has 22 heteroatoms. The van der Waals surface area contributed by atoms with Crippen molar-refractivity contribution in [3.63, 3.8) is 0 Å². The number of rotatable bonds is 22. The number of methoxy groups -OCH3 is 1. The summed E-state index contributed by atoms with van der Waals surface area (Å²) in [6.45, 7) is -0.674. The number of nitrogens with two attached hydrogens (primary N) is 1. The minimum atomic E-state index is -2.00. The third kappa shape index (κ3) is 12.8. The maximum absolute atomic E-state index is 13.3. The quantitative estimate of drug-likeness (QED) is 0.0308. The van der Waals surface area contributed by atoms with Crippen LogP contribution in [0.15, 0.2) is 30.4 Å². The summed E-state index contributed by atoms with van der Waals surface area (Å²) in [5.74, 6) is -6.04. The topological polar surface area (TPSA) is 332 Å². The first-order chi connectivity index (χ1) is 27.1. The molecule has 0 bridgehead atoms. The van der Waals surface area contributed by atoms with Gasteiger partial charge in [-0.25, -0.2) is 4.79 Å². The number of carbonyl (C=O) groups excluding carboxylic acids is 7. The van der Waals surface area contributed by atoms with E-state index < -0.39 is 104 Å². The second kappa shape index (κ2) is 22.1. The fraction of sp³-hybridized carbons (Fsp3) is 0.529. The maximum atomic E-state index is 13.3. The van der Waals surface area contributed by atoms with Crippen LogP contribution in [0, 0.1) is 0 Å². The number of nitrogens with one attached hydrogen (secondary N) is 4. The molecule has 1 saturated heterocycles. The first-order valence-corrected chi connectivity index (χ1v) is 17.3. The zero-order valence-electron chi connectivity index (χ0n) is 31.2. The second-order valence-corrected chi connectivity index (χ2v) is 12.4.